The molecule has 21 heavy (non-hydrogen) atoms. The molecule has 0 bridgehead atoms. The van der Waals surface area contributed by atoms with Gasteiger partial charge < -0.3 is 9.26 Å². The largest absolute Gasteiger partial charge is 0.481 e. The fourth-order valence-corrected chi connectivity index (χ4v) is 3.30. The SMILES string of the molecule is CCc1noc(COc2c(Cl)cc(Br)cc2S(N)(=O)=O)n1. The van der Waals surface area contributed by atoms with Crippen LogP contribution in [0.25, 0.3) is 0 Å². The van der Waals surface area contributed by atoms with Crippen LogP contribution >= 0.6 is 27.5 Å². The van der Waals surface area contributed by atoms with E-state index in [2.05, 4.69) is 26.1 Å². The van der Waals surface area contributed by atoms with Crippen LogP contribution in [0.1, 0.15) is 18.6 Å². The van der Waals surface area contributed by atoms with E-state index in [1.54, 1.807) is 0 Å². The van der Waals surface area contributed by atoms with Crippen molar-refractivity contribution in [3.63, 3.8) is 0 Å². The molecule has 0 saturated heterocycles. The molecule has 0 aliphatic heterocycles. The maximum atomic E-state index is 11.6. The maximum Gasteiger partial charge on any atom is 0.264 e. The highest BCUT2D eigenvalue weighted by Crippen LogP contribution is 2.35. The van der Waals surface area contributed by atoms with Crippen molar-refractivity contribution in [2.75, 3.05) is 0 Å². The van der Waals surface area contributed by atoms with E-state index in [0.717, 1.165) is 0 Å². The van der Waals surface area contributed by atoms with Crippen LogP contribution in [0.4, 0.5) is 0 Å². The van der Waals surface area contributed by atoms with Crippen LogP contribution < -0.4 is 9.88 Å². The Hall–Kier alpha value is -1.16. The van der Waals surface area contributed by atoms with E-state index < -0.39 is 10.0 Å². The molecule has 1 aromatic heterocycles. The molecule has 0 fully saturated rings. The first-order valence-electron chi connectivity index (χ1n) is 5.77. The van der Waals surface area contributed by atoms with Gasteiger partial charge in [0.05, 0.1) is 5.02 Å². The molecule has 0 saturated carbocycles. The summed E-state index contributed by atoms with van der Waals surface area (Å²) >= 11 is 9.15. The predicted octanol–water partition coefficient (Wildman–Crippen LogP) is 2.27. The number of benzene rings is 1. The number of hydrogen-bond donors (Lipinski definition) is 1. The Morgan fingerprint density at radius 2 is 2.19 bits per heavy atom. The number of hydrogen-bond acceptors (Lipinski definition) is 6. The number of aromatic nitrogens is 2. The molecule has 0 atom stereocenters. The van der Waals surface area contributed by atoms with Gasteiger partial charge in [-0.05, 0) is 12.1 Å². The summed E-state index contributed by atoms with van der Waals surface area (Å²) in [7, 11) is -3.99. The van der Waals surface area contributed by atoms with Crippen molar-refractivity contribution in [1.82, 2.24) is 10.1 Å². The summed E-state index contributed by atoms with van der Waals surface area (Å²) in [5, 5.41) is 8.96. The van der Waals surface area contributed by atoms with Crippen molar-refractivity contribution in [2.24, 2.45) is 5.14 Å². The molecule has 114 valence electrons. The lowest BCUT2D eigenvalue weighted by molar-refractivity contribution is 0.237. The van der Waals surface area contributed by atoms with E-state index in [0.29, 0.717) is 16.7 Å². The molecule has 2 rings (SSSR count). The summed E-state index contributed by atoms with van der Waals surface area (Å²) < 4.78 is 34.0. The molecular formula is C11H11BrClN3O4S. The van der Waals surface area contributed by atoms with Crippen LogP contribution in [0.2, 0.25) is 5.02 Å². The standard InChI is InChI=1S/C11H11BrClN3O4S/c1-2-9-15-10(20-16-9)5-19-11-7(13)3-6(12)4-8(11)21(14,17)18/h3-4H,2,5H2,1H3,(H2,14,17,18). The summed E-state index contributed by atoms with van der Waals surface area (Å²) in [6.45, 7) is 1.76. The van der Waals surface area contributed by atoms with Crippen LogP contribution in [0, 0.1) is 0 Å². The van der Waals surface area contributed by atoms with Gasteiger partial charge in [0.15, 0.2) is 18.2 Å². The van der Waals surface area contributed by atoms with Crippen molar-refractivity contribution in [2.45, 2.75) is 24.8 Å². The Balaban J connectivity index is 2.31. The Morgan fingerprint density at radius 1 is 1.48 bits per heavy atom. The lowest BCUT2D eigenvalue weighted by Crippen LogP contribution is -2.14. The summed E-state index contributed by atoms with van der Waals surface area (Å²) in [6.07, 6.45) is 0.616. The van der Waals surface area contributed by atoms with E-state index in [-0.39, 0.29) is 28.2 Å². The molecule has 1 aromatic carbocycles. The first kappa shape index (κ1) is 16.2. The topological polar surface area (TPSA) is 108 Å². The van der Waals surface area contributed by atoms with Gasteiger partial charge in [-0.2, -0.15) is 4.98 Å². The fourth-order valence-electron chi connectivity index (χ4n) is 1.51. The third-order valence-electron chi connectivity index (χ3n) is 2.45. The number of sulfonamides is 1. The maximum absolute atomic E-state index is 11.6. The van der Waals surface area contributed by atoms with Crippen LogP contribution in [0.5, 0.6) is 5.75 Å². The third kappa shape index (κ3) is 3.94. The second-order valence-corrected chi connectivity index (χ2v) is 6.86. The first-order chi connectivity index (χ1) is 9.81. The quantitative estimate of drug-likeness (QED) is 0.830. The number of halogens is 2. The third-order valence-corrected chi connectivity index (χ3v) is 4.10. The van der Waals surface area contributed by atoms with Gasteiger partial charge in [-0.15, -0.1) is 0 Å². The zero-order chi connectivity index (χ0) is 15.6. The zero-order valence-corrected chi connectivity index (χ0v) is 14.0. The van der Waals surface area contributed by atoms with Crippen molar-refractivity contribution in [3.05, 3.63) is 33.3 Å². The van der Waals surface area contributed by atoms with Crippen LogP contribution in [-0.2, 0) is 23.1 Å². The smallest absolute Gasteiger partial charge is 0.264 e. The number of primary sulfonamides is 1. The van der Waals surface area contributed by atoms with Crippen LogP contribution in [0.15, 0.2) is 26.0 Å². The number of ether oxygens (including phenoxy) is 1. The molecule has 0 spiro atoms. The van der Waals surface area contributed by atoms with E-state index in [9.17, 15) is 8.42 Å². The van der Waals surface area contributed by atoms with E-state index in [4.69, 9.17) is 26.0 Å². The molecular weight excluding hydrogens is 386 g/mol. The van der Waals surface area contributed by atoms with Crippen molar-refractivity contribution >= 4 is 37.6 Å². The molecule has 2 N–H and O–H groups in total. The van der Waals surface area contributed by atoms with Crippen molar-refractivity contribution < 1.29 is 17.7 Å². The average Bonchev–Trinajstić information content (AvgIpc) is 2.83. The Kier molecular flexibility index (Phi) is 4.87. The molecule has 0 amide bonds. The molecule has 10 heteroatoms. The van der Waals surface area contributed by atoms with Crippen LogP contribution in [0.3, 0.4) is 0 Å². The second kappa shape index (κ2) is 6.30. The molecule has 1 heterocycles. The van der Waals surface area contributed by atoms with Gasteiger partial charge in [-0.1, -0.05) is 39.6 Å². The van der Waals surface area contributed by atoms with Crippen LogP contribution in [-0.4, -0.2) is 18.6 Å². The van der Waals surface area contributed by atoms with Gasteiger partial charge >= 0.3 is 0 Å². The van der Waals surface area contributed by atoms with E-state index in [1.165, 1.54) is 12.1 Å². The predicted molar refractivity (Wildman–Crippen MR) is 78.5 cm³/mol. The average molecular weight is 397 g/mol. The Bertz CT molecular complexity index is 763. The molecule has 7 nitrogen and oxygen atoms in total. The second-order valence-electron chi connectivity index (χ2n) is 4.01. The molecule has 0 aliphatic rings. The number of rotatable bonds is 5. The van der Waals surface area contributed by atoms with Gasteiger partial charge in [0.25, 0.3) is 5.89 Å². The minimum atomic E-state index is -3.99. The van der Waals surface area contributed by atoms with Crippen molar-refractivity contribution in [3.8, 4) is 5.75 Å². The monoisotopic (exact) mass is 395 g/mol. The minimum Gasteiger partial charge on any atom is -0.481 e. The van der Waals surface area contributed by atoms with Gasteiger partial charge in [0.1, 0.15) is 4.90 Å². The van der Waals surface area contributed by atoms with Gasteiger partial charge in [-0.3, -0.25) is 0 Å². The lowest BCUT2D eigenvalue weighted by atomic mass is 10.3. The van der Waals surface area contributed by atoms with E-state index >= 15 is 0 Å². The summed E-state index contributed by atoms with van der Waals surface area (Å²) in [6, 6.07) is 2.80. The number of aryl methyl sites for hydroxylation is 1. The molecule has 0 unspecified atom stereocenters. The highest BCUT2D eigenvalue weighted by atomic mass is 79.9. The summed E-state index contributed by atoms with van der Waals surface area (Å²) in [5.41, 5.74) is 0. The van der Waals surface area contributed by atoms with Gasteiger partial charge in [0, 0.05) is 10.9 Å². The Morgan fingerprint density at radius 3 is 2.76 bits per heavy atom. The molecule has 2 aromatic rings. The highest BCUT2D eigenvalue weighted by Gasteiger charge is 2.20. The zero-order valence-electron chi connectivity index (χ0n) is 10.8. The van der Waals surface area contributed by atoms with Crippen molar-refractivity contribution in [1.29, 1.82) is 0 Å². The summed E-state index contributed by atoms with van der Waals surface area (Å²) in [5.74, 6) is 0.687. The normalized spacial score (nSPS) is 11.6. The summed E-state index contributed by atoms with van der Waals surface area (Å²) in [4.78, 5) is 3.82. The first-order valence-corrected chi connectivity index (χ1v) is 8.49. The van der Waals surface area contributed by atoms with Gasteiger partial charge in [-0.25, -0.2) is 13.6 Å². The number of nitrogens with zero attached hydrogens (tertiary/aromatic N) is 2. The number of nitrogens with two attached hydrogens (primary N) is 1. The molecule has 0 radical (unpaired) electrons. The lowest BCUT2D eigenvalue weighted by Gasteiger charge is -2.11. The van der Waals surface area contributed by atoms with E-state index in [1.807, 2.05) is 6.92 Å². The fraction of sp³-hybridized carbons (Fsp3) is 0.273. The van der Waals surface area contributed by atoms with Gasteiger partial charge in [0.2, 0.25) is 10.0 Å². The minimum absolute atomic E-state index is 0.0568. The molecule has 0 aliphatic carbocycles. The Labute approximate surface area is 134 Å². The highest BCUT2D eigenvalue weighted by molar-refractivity contribution is 9.10.